The van der Waals surface area contributed by atoms with Gasteiger partial charge in [-0.25, -0.2) is 0 Å². The van der Waals surface area contributed by atoms with Crippen molar-refractivity contribution in [2.75, 3.05) is 32.1 Å². The van der Waals surface area contributed by atoms with Crippen LogP contribution in [0.2, 0.25) is 0 Å². The minimum Gasteiger partial charge on any atom is -0.400 e. The van der Waals surface area contributed by atoms with E-state index in [1.165, 1.54) is 0 Å². The minimum absolute atomic E-state index is 0.0336. The molecule has 1 heterocycles. The molecule has 0 aliphatic carbocycles. The topological polar surface area (TPSA) is 187 Å². The fourth-order valence-corrected chi connectivity index (χ4v) is 3.09. The molecule has 1 fully saturated rings. The first-order valence-corrected chi connectivity index (χ1v) is 9.99. The maximum Gasteiger partial charge on any atom is 0.186 e. The van der Waals surface area contributed by atoms with Gasteiger partial charge in [0.15, 0.2) is 12.1 Å². The summed E-state index contributed by atoms with van der Waals surface area (Å²) in [7, 11) is 1.00. The Labute approximate surface area is 185 Å². The number of hydrogen-bond acceptors (Lipinski definition) is 12. The first-order chi connectivity index (χ1) is 15.3. The summed E-state index contributed by atoms with van der Waals surface area (Å²) in [4.78, 5) is 34.0. The van der Waals surface area contributed by atoms with Crippen LogP contribution in [-0.2, 0) is 14.3 Å². The number of nitrogens with zero attached hydrogens (tertiary/aromatic N) is 2. The van der Waals surface area contributed by atoms with Gasteiger partial charge in [-0.05, 0) is 19.1 Å². The molecular formula is C20H31N3O9. The van der Waals surface area contributed by atoms with Crippen LogP contribution >= 0.6 is 0 Å². The number of nitrogens with one attached hydrogen (secondary N) is 1. The van der Waals surface area contributed by atoms with Gasteiger partial charge in [0.25, 0.3) is 0 Å². The summed E-state index contributed by atoms with van der Waals surface area (Å²) in [6.45, 7) is 2.66. The summed E-state index contributed by atoms with van der Waals surface area (Å²) < 4.78 is 10.8. The molecule has 32 heavy (non-hydrogen) atoms. The third-order valence-corrected chi connectivity index (χ3v) is 4.95. The highest BCUT2D eigenvalue weighted by molar-refractivity contribution is 5.87. The Balaban J connectivity index is 0.00000249. The monoisotopic (exact) mass is 457 g/mol. The van der Waals surface area contributed by atoms with Gasteiger partial charge >= 0.3 is 0 Å². The van der Waals surface area contributed by atoms with Crippen LogP contribution in [0.5, 0.6) is 0 Å². The molecule has 0 radical (unpaired) electrons. The lowest BCUT2D eigenvalue weighted by Gasteiger charge is -2.38. The number of benzene rings is 1. The van der Waals surface area contributed by atoms with Gasteiger partial charge in [-0.1, -0.05) is 35.0 Å². The molecule has 5 N–H and O–H groups in total. The van der Waals surface area contributed by atoms with Gasteiger partial charge in [-0.2, -0.15) is 9.81 Å². The highest BCUT2D eigenvalue weighted by atomic mass is 16.7. The molecule has 3 unspecified atom stereocenters. The summed E-state index contributed by atoms with van der Waals surface area (Å²) in [5.41, 5.74) is 1.68. The molecule has 1 aromatic carbocycles. The van der Waals surface area contributed by atoms with Crippen LogP contribution in [0.15, 0.2) is 34.6 Å². The molecule has 180 valence electrons. The first-order valence-electron chi connectivity index (χ1n) is 9.99. The van der Waals surface area contributed by atoms with Crippen molar-refractivity contribution in [3.63, 3.8) is 0 Å². The molecule has 0 saturated carbocycles. The van der Waals surface area contributed by atoms with E-state index in [0.29, 0.717) is 5.69 Å². The second kappa shape index (κ2) is 13.9. The van der Waals surface area contributed by atoms with Crippen LogP contribution in [0.4, 0.5) is 5.69 Å². The Morgan fingerprint density at radius 3 is 2.44 bits per heavy atom. The van der Waals surface area contributed by atoms with Crippen molar-refractivity contribution >= 4 is 11.5 Å². The van der Waals surface area contributed by atoms with Crippen LogP contribution in [-0.4, -0.2) is 89.8 Å². The predicted molar refractivity (Wildman–Crippen MR) is 115 cm³/mol. The molecule has 2 rings (SSSR count). The summed E-state index contributed by atoms with van der Waals surface area (Å²) in [6, 6.07) is 6.17. The minimum atomic E-state index is -1.85. The van der Waals surface area contributed by atoms with Crippen LogP contribution in [0.25, 0.3) is 0 Å². The Kier molecular flexibility index (Phi) is 12.1. The van der Waals surface area contributed by atoms with Crippen molar-refractivity contribution in [3.05, 3.63) is 39.6 Å². The Morgan fingerprint density at radius 1 is 1.25 bits per heavy atom. The predicted octanol–water partition coefficient (Wildman–Crippen LogP) is -0.0538. The summed E-state index contributed by atoms with van der Waals surface area (Å²) in [5, 5.41) is 46.2. The average Bonchev–Trinajstić information content (AvgIpc) is 2.79. The zero-order valence-electron chi connectivity index (χ0n) is 18.2. The molecule has 0 aromatic heterocycles. The van der Waals surface area contributed by atoms with E-state index in [-0.39, 0.29) is 19.1 Å². The molecule has 0 spiro atoms. The lowest BCUT2D eigenvalue weighted by atomic mass is 9.95. The van der Waals surface area contributed by atoms with Crippen molar-refractivity contribution in [2.24, 2.45) is 16.3 Å². The van der Waals surface area contributed by atoms with E-state index in [4.69, 9.17) is 14.6 Å². The zero-order valence-corrected chi connectivity index (χ0v) is 18.2. The quantitative estimate of drug-likeness (QED) is 0.282. The molecule has 12 heteroatoms. The van der Waals surface area contributed by atoms with E-state index in [0.717, 1.165) is 12.7 Å². The van der Waals surface area contributed by atoms with Gasteiger partial charge in [0.05, 0.1) is 13.2 Å². The van der Waals surface area contributed by atoms with Crippen molar-refractivity contribution < 1.29 is 34.7 Å². The number of aliphatic hydroxyl groups excluding tert-OH is 4. The average molecular weight is 457 g/mol. The van der Waals surface area contributed by atoms with E-state index in [2.05, 4.69) is 15.7 Å². The summed E-state index contributed by atoms with van der Waals surface area (Å²) in [6.07, 6.45) is -8.01. The molecule has 1 saturated heterocycles. The maximum absolute atomic E-state index is 12.4. The number of ketones is 1. The van der Waals surface area contributed by atoms with Crippen molar-refractivity contribution in [1.82, 2.24) is 0 Å². The third kappa shape index (κ3) is 7.65. The fourth-order valence-electron chi connectivity index (χ4n) is 3.09. The summed E-state index contributed by atoms with van der Waals surface area (Å²) >= 11 is 0. The molecule has 0 bridgehead atoms. The number of hydrogen-bond donors (Lipinski definition) is 5. The van der Waals surface area contributed by atoms with Crippen LogP contribution < -0.4 is 5.32 Å². The number of nitroso groups, excluding NO2 is 2. The second-order valence-electron chi connectivity index (χ2n) is 7.38. The van der Waals surface area contributed by atoms with E-state index >= 15 is 0 Å². The van der Waals surface area contributed by atoms with Gasteiger partial charge in [0.1, 0.15) is 37.0 Å². The van der Waals surface area contributed by atoms with Gasteiger partial charge in [0, 0.05) is 18.7 Å². The lowest BCUT2D eigenvalue weighted by molar-refractivity contribution is -0.269. The Hall–Kier alpha value is -2.35. The summed E-state index contributed by atoms with van der Waals surface area (Å²) in [5.74, 6) is -1.10. The number of Topliss-reactive ketones (excluding diaryl/α,β-unsaturated/α-hetero) is 1. The molecule has 12 nitrogen and oxygen atoms in total. The zero-order chi connectivity index (χ0) is 24.3. The van der Waals surface area contributed by atoms with Crippen molar-refractivity contribution in [1.29, 1.82) is 0 Å². The number of aryl methyl sites for hydroxylation is 1. The van der Waals surface area contributed by atoms with E-state index in [1.807, 2.05) is 19.1 Å². The molecular weight excluding hydrogens is 426 g/mol. The van der Waals surface area contributed by atoms with Gasteiger partial charge in [0.2, 0.25) is 0 Å². The third-order valence-electron chi connectivity index (χ3n) is 4.95. The van der Waals surface area contributed by atoms with Crippen LogP contribution in [0.1, 0.15) is 12.5 Å². The second-order valence-corrected chi connectivity index (χ2v) is 7.38. The SMILES string of the molecule is CO.Cc1ccc(NCC(=O)[C@@H](O)C(O[C@@H]2OCC(C)C(N=O)[C@H]2O)[C@H](O)CN=O)cc1. The number of rotatable bonds is 11. The van der Waals surface area contributed by atoms with Crippen LogP contribution in [0, 0.1) is 22.7 Å². The fraction of sp³-hybridized carbons (Fsp3) is 0.650. The number of aliphatic hydroxyl groups is 4. The van der Waals surface area contributed by atoms with Gasteiger partial charge in [-0.3, -0.25) is 4.79 Å². The van der Waals surface area contributed by atoms with Crippen LogP contribution in [0.3, 0.4) is 0 Å². The lowest BCUT2D eigenvalue weighted by Crippen LogP contribution is -2.55. The Morgan fingerprint density at radius 2 is 1.88 bits per heavy atom. The maximum atomic E-state index is 12.4. The highest BCUT2D eigenvalue weighted by Crippen LogP contribution is 2.26. The first kappa shape index (κ1) is 27.7. The molecule has 7 atom stereocenters. The number of carbonyl (C=O) groups is 1. The van der Waals surface area contributed by atoms with Crippen molar-refractivity contribution in [2.45, 2.75) is 50.6 Å². The Bertz CT molecular complexity index is 719. The van der Waals surface area contributed by atoms with E-state index in [9.17, 15) is 29.9 Å². The number of anilines is 1. The standard InChI is InChI=1S/C19H27N3O8.CH4O/c1-10-3-5-12(6-4-10)20-7-13(23)16(25)18(14(24)8-21-27)30-19-17(26)15(22-28)11(2)9-29-19;1-2/h3-6,11,14-20,24-26H,7-9H2,1-2H3;2H,1H3/t11?,14-,15?,16-,17-,18?,19+;/m1./s1. The number of carbonyl (C=O) groups excluding carboxylic acids is 1. The molecule has 0 amide bonds. The normalized spacial score (nSPS) is 25.5. The van der Waals surface area contributed by atoms with Gasteiger partial charge in [-0.15, -0.1) is 0 Å². The highest BCUT2D eigenvalue weighted by Gasteiger charge is 2.43. The number of ether oxygens (including phenoxy) is 2. The van der Waals surface area contributed by atoms with Gasteiger partial charge < -0.3 is 35.2 Å². The smallest absolute Gasteiger partial charge is 0.186 e. The largest absolute Gasteiger partial charge is 0.400 e. The molecule has 1 aliphatic rings. The molecule has 1 aliphatic heterocycles. The van der Waals surface area contributed by atoms with E-state index < -0.39 is 49.1 Å². The molecule has 1 aromatic rings. The van der Waals surface area contributed by atoms with E-state index in [1.54, 1.807) is 19.1 Å². The van der Waals surface area contributed by atoms with Crippen molar-refractivity contribution in [3.8, 4) is 0 Å².